The first-order chi connectivity index (χ1) is 14.1. The normalized spacial score (nSPS) is 13.3. The zero-order chi connectivity index (χ0) is 20.6. The van der Waals surface area contributed by atoms with Gasteiger partial charge in [-0.3, -0.25) is 9.59 Å². The molecule has 3 rings (SSSR count). The summed E-state index contributed by atoms with van der Waals surface area (Å²) in [6, 6.07) is 14.0. The molecular weight excluding hydrogens is 366 g/mol. The van der Waals surface area contributed by atoms with Crippen LogP contribution in [0, 0.1) is 0 Å². The van der Waals surface area contributed by atoms with Crippen molar-refractivity contribution in [1.82, 2.24) is 14.4 Å². The molecule has 0 bridgehead atoms. The lowest BCUT2D eigenvalue weighted by Crippen LogP contribution is -2.44. The van der Waals surface area contributed by atoms with Crippen LogP contribution in [0.1, 0.15) is 30.5 Å². The zero-order valence-corrected chi connectivity index (χ0v) is 17.4. The Morgan fingerprint density at radius 2 is 1.86 bits per heavy atom. The number of rotatable bonds is 11. The van der Waals surface area contributed by atoms with E-state index in [2.05, 4.69) is 0 Å². The third kappa shape index (κ3) is 6.19. The van der Waals surface area contributed by atoms with Crippen LogP contribution in [0.3, 0.4) is 0 Å². The highest BCUT2D eigenvalue weighted by atomic mass is 16.5. The number of carbonyl (C=O) groups is 2. The van der Waals surface area contributed by atoms with Crippen molar-refractivity contribution < 1.29 is 14.3 Å². The van der Waals surface area contributed by atoms with Crippen LogP contribution in [-0.2, 0) is 34.3 Å². The summed E-state index contributed by atoms with van der Waals surface area (Å²) < 4.78 is 7.18. The lowest BCUT2D eigenvalue weighted by atomic mass is 10.1. The van der Waals surface area contributed by atoms with Gasteiger partial charge in [0.05, 0.1) is 19.5 Å². The predicted octanol–water partition coefficient (Wildman–Crippen LogP) is 2.62. The van der Waals surface area contributed by atoms with Crippen LogP contribution < -0.4 is 0 Å². The van der Waals surface area contributed by atoms with E-state index in [4.69, 9.17) is 4.74 Å². The number of amides is 2. The van der Waals surface area contributed by atoms with E-state index in [-0.39, 0.29) is 18.4 Å². The molecule has 0 N–H and O–H groups in total. The number of hydrogen-bond donors (Lipinski definition) is 0. The molecule has 2 amide bonds. The Hall–Kier alpha value is -2.60. The van der Waals surface area contributed by atoms with Crippen LogP contribution in [0.2, 0.25) is 0 Å². The summed E-state index contributed by atoms with van der Waals surface area (Å²) in [4.78, 5) is 29.7. The van der Waals surface area contributed by atoms with Crippen molar-refractivity contribution in [3.05, 3.63) is 59.9 Å². The minimum absolute atomic E-state index is 0.0183. The molecule has 0 aliphatic heterocycles. The van der Waals surface area contributed by atoms with Crippen LogP contribution in [0.4, 0.5) is 0 Å². The van der Waals surface area contributed by atoms with Gasteiger partial charge in [-0.2, -0.15) is 0 Å². The Morgan fingerprint density at radius 1 is 1.10 bits per heavy atom. The van der Waals surface area contributed by atoms with Gasteiger partial charge in [-0.25, -0.2) is 0 Å². The molecule has 1 saturated carbocycles. The molecule has 1 aliphatic rings. The molecule has 29 heavy (non-hydrogen) atoms. The lowest BCUT2D eigenvalue weighted by molar-refractivity contribution is -0.141. The van der Waals surface area contributed by atoms with Crippen molar-refractivity contribution in [2.45, 2.75) is 38.3 Å². The predicted molar refractivity (Wildman–Crippen MR) is 112 cm³/mol. The van der Waals surface area contributed by atoms with Crippen LogP contribution in [0.5, 0.6) is 0 Å². The van der Waals surface area contributed by atoms with Gasteiger partial charge in [-0.1, -0.05) is 30.3 Å². The van der Waals surface area contributed by atoms with E-state index in [9.17, 15) is 9.59 Å². The number of benzene rings is 1. The maximum absolute atomic E-state index is 13.2. The van der Waals surface area contributed by atoms with Gasteiger partial charge in [-0.15, -0.1) is 0 Å². The number of ether oxygens (including phenoxy) is 1. The van der Waals surface area contributed by atoms with E-state index in [1.165, 1.54) is 0 Å². The molecule has 1 aromatic heterocycles. The van der Waals surface area contributed by atoms with Gasteiger partial charge in [0.15, 0.2) is 0 Å². The molecule has 2 aromatic rings. The van der Waals surface area contributed by atoms with E-state index in [1.54, 1.807) is 12.0 Å². The second-order valence-electron chi connectivity index (χ2n) is 7.69. The van der Waals surface area contributed by atoms with Gasteiger partial charge in [0.2, 0.25) is 11.8 Å². The Morgan fingerprint density at radius 3 is 2.48 bits per heavy atom. The van der Waals surface area contributed by atoms with Crippen molar-refractivity contribution >= 4 is 11.8 Å². The summed E-state index contributed by atoms with van der Waals surface area (Å²) >= 11 is 0. The number of carbonyl (C=O) groups excluding carboxylic acids is 2. The maximum atomic E-state index is 13.2. The first-order valence-electron chi connectivity index (χ1n) is 10.3. The van der Waals surface area contributed by atoms with E-state index in [1.807, 2.05) is 65.2 Å². The highest BCUT2D eigenvalue weighted by Gasteiger charge is 2.34. The molecule has 1 fully saturated rings. The number of aryl methyl sites for hydroxylation is 1. The second-order valence-corrected chi connectivity index (χ2v) is 7.69. The van der Waals surface area contributed by atoms with E-state index in [0.717, 1.165) is 24.1 Å². The highest BCUT2D eigenvalue weighted by Crippen LogP contribution is 2.28. The number of hydrogen-bond acceptors (Lipinski definition) is 3. The van der Waals surface area contributed by atoms with Crippen molar-refractivity contribution in [1.29, 1.82) is 0 Å². The molecule has 1 aromatic carbocycles. The fraction of sp³-hybridized carbons (Fsp3) is 0.478. The summed E-state index contributed by atoms with van der Waals surface area (Å²) in [5.41, 5.74) is 2.07. The van der Waals surface area contributed by atoms with Gasteiger partial charge in [0.25, 0.3) is 0 Å². The van der Waals surface area contributed by atoms with Gasteiger partial charge < -0.3 is 19.1 Å². The van der Waals surface area contributed by atoms with Crippen LogP contribution >= 0.6 is 0 Å². The van der Waals surface area contributed by atoms with Crippen LogP contribution in [-0.4, -0.2) is 59.0 Å². The van der Waals surface area contributed by atoms with Gasteiger partial charge in [0.1, 0.15) is 0 Å². The molecule has 0 saturated heterocycles. The van der Waals surface area contributed by atoms with Crippen molar-refractivity contribution in [3.8, 4) is 0 Å². The molecule has 1 aliphatic carbocycles. The van der Waals surface area contributed by atoms with Crippen molar-refractivity contribution in [3.63, 3.8) is 0 Å². The molecule has 6 nitrogen and oxygen atoms in total. The standard InChI is InChI=1S/C23H31N3O3/c1-24-13-6-10-21(24)17-26(20-11-12-20)23(28)18-25(14-7-15-29-2)22(27)16-19-8-4-3-5-9-19/h3-6,8-10,13,20H,7,11-12,14-18H2,1-2H3. The quantitative estimate of drug-likeness (QED) is 0.548. The number of nitrogens with zero attached hydrogens (tertiary/aromatic N) is 3. The van der Waals surface area contributed by atoms with Crippen molar-refractivity contribution in [2.75, 3.05) is 26.8 Å². The third-order valence-electron chi connectivity index (χ3n) is 5.35. The summed E-state index contributed by atoms with van der Waals surface area (Å²) in [6.45, 7) is 1.80. The van der Waals surface area contributed by atoms with Crippen LogP contribution in [0.25, 0.3) is 0 Å². The summed E-state index contributed by atoms with van der Waals surface area (Å²) in [6.07, 6.45) is 5.09. The lowest BCUT2D eigenvalue weighted by Gasteiger charge is -2.28. The smallest absolute Gasteiger partial charge is 0.242 e. The molecule has 0 unspecified atom stereocenters. The van der Waals surface area contributed by atoms with Gasteiger partial charge >= 0.3 is 0 Å². The minimum Gasteiger partial charge on any atom is -0.385 e. The van der Waals surface area contributed by atoms with Crippen molar-refractivity contribution in [2.24, 2.45) is 7.05 Å². The summed E-state index contributed by atoms with van der Waals surface area (Å²) in [5, 5.41) is 0. The fourth-order valence-electron chi connectivity index (χ4n) is 3.47. The number of aromatic nitrogens is 1. The first kappa shape index (κ1) is 21.1. The second kappa shape index (κ2) is 10.3. The molecular formula is C23H31N3O3. The molecule has 0 spiro atoms. The highest BCUT2D eigenvalue weighted by molar-refractivity contribution is 5.86. The van der Waals surface area contributed by atoms with E-state index >= 15 is 0 Å². The topological polar surface area (TPSA) is 54.8 Å². The minimum atomic E-state index is -0.0183. The summed E-state index contributed by atoms with van der Waals surface area (Å²) in [7, 11) is 3.64. The Balaban J connectivity index is 1.66. The molecule has 6 heteroatoms. The molecule has 0 radical (unpaired) electrons. The summed E-state index contributed by atoms with van der Waals surface area (Å²) in [5.74, 6) is 0.00259. The maximum Gasteiger partial charge on any atom is 0.242 e. The molecule has 0 atom stereocenters. The zero-order valence-electron chi connectivity index (χ0n) is 17.4. The average Bonchev–Trinajstić information content (AvgIpc) is 3.48. The SMILES string of the molecule is COCCCN(CC(=O)N(Cc1cccn1C)C1CC1)C(=O)Cc1ccccc1. The fourth-order valence-corrected chi connectivity index (χ4v) is 3.47. The van der Waals surface area contributed by atoms with E-state index < -0.39 is 0 Å². The third-order valence-corrected chi connectivity index (χ3v) is 5.35. The monoisotopic (exact) mass is 397 g/mol. The first-order valence-corrected chi connectivity index (χ1v) is 10.3. The average molecular weight is 398 g/mol. The largest absolute Gasteiger partial charge is 0.385 e. The molecule has 1 heterocycles. The molecule has 156 valence electrons. The van der Waals surface area contributed by atoms with Gasteiger partial charge in [-0.05, 0) is 37.0 Å². The van der Waals surface area contributed by atoms with E-state index in [0.29, 0.717) is 38.6 Å². The van der Waals surface area contributed by atoms with Gasteiger partial charge in [0, 0.05) is 45.2 Å². The Labute approximate surface area is 173 Å². The van der Waals surface area contributed by atoms with Crippen LogP contribution in [0.15, 0.2) is 48.7 Å². The Bertz CT molecular complexity index is 799. The Kier molecular flexibility index (Phi) is 7.47. The number of methoxy groups -OCH3 is 1.